The van der Waals surface area contributed by atoms with Crippen molar-refractivity contribution in [1.29, 1.82) is 0 Å². The molecular formula is C24H26O2S. The molecule has 0 spiro atoms. The average Bonchev–Trinajstić information content (AvgIpc) is 3.48. The quantitative estimate of drug-likeness (QED) is 0.599. The Bertz CT molecular complexity index is 862. The molecule has 2 aliphatic rings. The predicted octanol–water partition coefficient (Wildman–Crippen LogP) is 6.30. The van der Waals surface area contributed by atoms with Crippen molar-refractivity contribution in [2.45, 2.75) is 49.8 Å². The van der Waals surface area contributed by atoms with Crippen molar-refractivity contribution in [2.24, 2.45) is 5.92 Å². The number of carbonyl (C=O) groups is 1. The normalized spacial score (nSPS) is 20.2. The lowest BCUT2D eigenvalue weighted by Crippen LogP contribution is -2.20. The van der Waals surface area contributed by atoms with Crippen molar-refractivity contribution >= 4 is 23.1 Å². The molecule has 1 saturated carbocycles. The summed E-state index contributed by atoms with van der Waals surface area (Å²) in [5, 5.41) is 10.7. The van der Waals surface area contributed by atoms with Crippen LogP contribution in [0.1, 0.15) is 54.7 Å². The first-order chi connectivity index (χ1) is 13.1. The summed E-state index contributed by atoms with van der Waals surface area (Å²) in [5.41, 5.74) is 4.06. The van der Waals surface area contributed by atoms with Crippen molar-refractivity contribution < 1.29 is 9.90 Å². The van der Waals surface area contributed by atoms with Gasteiger partial charge in [0, 0.05) is 17.7 Å². The van der Waals surface area contributed by atoms with Gasteiger partial charge in [0.1, 0.15) is 5.76 Å². The van der Waals surface area contributed by atoms with Gasteiger partial charge in [0.05, 0.1) is 5.57 Å². The molecule has 0 aliphatic heterocycles. The van der Waals surface area contributed by atoms with Crippen LogP contribution < -0.4 is 0 Å². The molecule has 1 N–H and O–H groups in total. The van der Waals surface area contributed by atoms with Gasteiger partial charge in [0.15, 0.2) is 5.78 Å². The maximum absolute atomic E-state index is 12.9. The van der Waals surface area contributed by atoms with Crippen molar-refractivity contribution in [2.75, 3.05) is 5.75 Å². The van der Waals surface area contributed by atoms with Gasteiger partial charge in [-0.3, -0.25) is 4.79 Å². The summed E-state index contributed by atoms with van der Waals surface area (Å²) >= 11 is 1.83. The van der Waals surface area contributed by atoms with Gasteiger partial charge < -0.3 is 5.11 Å². The number of aliphatic hydroxyl groups is 1. The molecule has 0 radical (unpaired) electrons. The minimum Gasteiger partial charge on any atom is -0.512 e. The van der Waals surface area contributed by atoms with Crippen molar-refractivity contribution in [3.05, 3.63) is 71.0 Å². The molecule has 2 aromatic rings. The second kappa shape index (κ2) is 7.93. The summed E-state index contributed by atoms with van der Waals surface area (Å²) in [4.78, 5) is 14.1. The average molecular weight is 379 g/mol. The maximum Gasteiger partial charge on any atom is 0.167 e. The number of Topliss-reactive ketones (excluding diaryl/α,β-unsaturated/α-hetero) is 1. The first kappa shape index (κ1) is 18.4. The van der Waals surface area contributed by atoms with Crippen LogP contribution in [0, 0.1) is 12.8 Å². The summed E-state index contributed by atoms with van der Waals surface area (Å²) < 4.78 is 0. The number of ketones is 1. The van der Waals surface area contributed by atoms with Crippen LogP contribution in [0.15, 0.2) is 59.2 Å². The Hall–Kier alpha value is -2.00. The van der Waals surface area contributed by atoms with Crippen LogP contribution in [0.2, 0.25) is 0 Å². The van der Waals surface area contributed by atoms with E-state index in [0.717, 1.165) is 17.7 Å². The van der Waals surface area contributed by atoms with Crippen LogP contribution in [0.25, 0.3) is 5.57 Å². The zero-order valence-corrected chi connectivity index (χ0v) is 16.6. The Labute approximate surface area is 165 Å². The molecule has 2 aliphatic carbocycles. The van der Waals surface area contributed by atoms with E-state index in [4.69, 9.17) is 0 Å². The van der Waals surface area contributed by atoms with Gasteiger partial charge in [-0.15, -0.1) is 11.8 Å². The fraction of sp³-hybridized carbons (Fsp3) is 0.375. The minimum atomic E-state index is 0.109. The van der Waals surface area contributed by atoms with Gasteiger partial charge in [0.25, 0.3) is 0 Å². The molecule has 0 heterocycles. The number of rotatable bonds is 6. The van der Waals surface area contributed by atoms with Crippen LogP contribution in [0.5, 0.6) is 0 Å². The SMILES string of the molecule is Cc1ccc(SCCC2CC(=O)C(c3ccccc3C3CC3)=C(O)C2)cc1. The van der Waals surface area contributed by atoms with E-state index in [1.807, 2.05) is 30.0 Å². The monoisotopic (exact) mass is 378 g/mol. The van der Waals surface area contributed by atoms with E-state index >= 15 is 0 Å². The molecule has 0 saturated heterocycles. The number of thioether (sulfide) groups is 1. The highest BCUT2D eigenvalue weighted by molar-refractivity contribution is 7.99. The van der Waals surface area contributed by atoms with Crippen LogP contribution in [0.3, 0.4) is 0 Å². The topological polar surface area (TPSA) is 37.3 Å². The van der Waals surface area contributed by atoms with Crippen molar-refractivity contribution in [3.8, 4) is 0 Å². The Morgan fingerprint density at radius 2 is 1.78 bits per heavy atom. The van der Waals surface area contributed by atoms with E-state index in [9.17, 15) is 9.90 Å². The van der Waals surface area contributed by atoms with E-state index < -0.39 is 0 Å². The Balaban J connectivity index is 1.42. The molecule has 3 heteroatoms. The van der Waals surface area contributed by atoms with Gasteiger partial charge in [-0.1, -0.05) is 42.0 Å². The molecule has 0 amide bonds. The smallest absolute Gasteiger partial charge is 0.167 e. The number of allylic oxidation sites excluding steroid dienone is 2. The standard InChI is InChI=1S/C24H26O2S/c1-16-6-10-19(11-7-16)27-13-12-17-14-22(25)24(23(26)15-17)21-5-3-2-4-20(21)18-8-9-18/h2-7,10-11,17-18,25H,8-9,12-15H2,1H3. The molecule has 27 heavy (non-hydrogen) atoms. The van der Waals surface area contributed by atoms with Crippen LogP contribution in [-0.4, -0.2) is 16.6 Å². The fourth-order valence-electron chi connectivity index (χ4n) is 3.94. The predicted molar refractivity (Wildman–Crippen MR) is 112 cm³/mol. The highest BCUT2D eigenvalue weighted by atomic mass is 32.2. The first-order valence-electron chi connectivity index (χ1n) is 9.86. The fourth-order valence-corrected chi connectivity index (χ4v) is 4.95. The lowest BCUT2D eigenvalue weighted by Gasteiger charge is -2.24. The van der Waals surface area contributed by atoms with Crippen molar-refractivity contribution in [1.82, 2.24) is 0 Å². The lowest BCUT2D eigenvalue weighted by molar-refractivity contribution is -0.115. The van der Waals surface area contributed by atoms with E-state index in [2.05, 4.69) is 37.3 Å². The number of carbonyl (C=O) groups excluding carboxylic acids is 1. The highest BCUT2D eigenvalue weighted by Crippen LogP contribution is 2.45. The van der Waals surface area contributed by atoms with Crippen LogP contribution >= 0.6 is 11.8 Å². The zero-order chi connectivity index (χ0) is 18.8. The Kier molecular flexibility index (Phi) is 5.40. The molecule has 140 valence electrons. The summed E-state index contributed by atoms with van der Waals surface area (Å²) in [6, 6.07) is 16.7. The largest absolute Gasteiger partial charge is 0.512 e. The minimum absolute atomic E-state index is 0.109. The third kappa shape index (κ3) is 4.30. The van der Waals surface area contributed by atoms with Gasteiger partial charge in [-0.25, -0.2) is 0 Å². The van der Waals surface area contributed by atoms with E-state index in [1.165, 1.54) is 28.9 Å². The highest BCUT2D eigenvalue weighted by Gasteiger charge is 2.33. The number of hydrogen-bond donors (Lipinski definition) is 1. The number of aryl methyl sites for hydroxylation is 1. The number of aliphatic hydroxyl groups excluding tert-OH is 1. The summed E-state index contributed by atoms with van der Waals surface area (Å²) in [6.45, 7) is 2.09. The van der Waals surface area contributed by atoms with E-state index in [-0.39, 0.29) is 11.7 Å². The first-order valence-corrected chi connectivity index (χ1v) is 10.8. The molecular weight excluding hydrogens is 352 g/mol. The van der Waals surface area contributed by atoms with Gasteiger partial charge in [-0.05, 0) is 67.0 Å². The zero-order valence-electron chi connectivity index (χ0n) is 15.8. The second-order valence-corrected chi connectivity index (χ2v) is 9.00. The molecule has 1 unspecified atom stereocenters. The van der Waals surface area contributed by atoms with E-state index in [0.29, 0.717) is 30.1 Å². The van der Waals surface area contributed by atoms with Gasteiger partial charge in [-0.2, -0.15) is 0 Å². The Morgan fingerprint density at radius 1 is 1.04 bits per heavy atom. The maximum atomic E-state index is 12.9. The molecule has 2 aromatic carbocycles. The molecule has 4 rings (SSSR count). The molecule has 1 atom stereocenters. The number of benzene rings is 2. The van der Waals surface area contributed by atoms with E-state index in [1.54, 1.807) is 0 Å². The Morgan fingerprint density at radius 3 is 2.48 bits per heavy atom. The van der Waals surface area contributed by atoms with Crippen LogP contribution in [-0.2, 0) is 4.79 Å². The summed E-state index contributed by atoms with van der Waals surface area (Å²) in [7, 11) is 0. The molecule has 0 bridgehead atoms. The van der Waals surface area contributed by atoms with Gasteiger partial charge in [0.2, 0.25) is 0 Å². The third-order valence-corrected chi connectivity index (χ3v) is 6.63. The lowest BCUT2D eigenvalue weighted by atomic mass is 9.81. The molecule has 2 nitrogen and oxygen atoms in total. The molecule has 0 aromatic heterocycles. The van der Waals surface area contributed by atoms with Crippen LogP contribution in [0.4, 0.5) is 0 Å². The van der Waals surface area contributed by atoms with Crippen molar-refractivity contribution in [3.63, 3.8) is 0 Å². The summed E-state index contributed by atoms with van der Waals surface area (Å²) in [6.07, 6.45) is 4.50. The van der Waals surface area contributed by atoms with Gasteiger partial charge >= 0.3 is 0 Å². The summed E-state index contributed by atoms with van der Waals surface area (Å²) in [5.74, 6) is 2.19. The molecule has 1 fully saturated rings. The second-order valence-electron chi connectivity index (χ2n) is 7.83. The third-order valence-electron chi connectivity index (χ3n) is 5.59. The number of hydrogen-bond acceptors (Lipinski definition) is 3.